The molecule has 0 N–H and O–H groups in total. The average molecular weight is 241 g/mol. The Morgan fingerprint density at radius 1 is 1.56 bits per heavy atom. The van der Waals surface area contributed by atoms with E-state index in [1.54, 1.807) is 4.68 Å². The summed E-state index contributed by atoms with van der Waals surface area (Å²) in [5.74, 6) is 0.857. The molecule has 1 aliphatic rings. The fourth-order valence-electron chi connectivity index (χ4n) is 2.48. The predicted octanol–water partition coefficient (Wildman–Crippen LogP) is 2.68. The highest BCUT2D eigenvalue weighted by molar-refractivity contribution is 6.30. The highest BCUT2D eigenvalue weighted by Gasteiger charge is 2.22. The molecule has 1 saturated carbocycles. The van der Waals surface area contributed by atoms with Gasteiger partial charge in [-0.3, -0.25) is 9.48 Å². The molecule has 1 unspecified atom stereocenters. The molecule has 88 valence electrons. The molecule has 4 heteroatoms. The van der Waals surface area contributed by atoms with E-state index in [0.29, 0.717) is 18.1 Å². The zero-order valence-electron chi connectivity index (χ0n) is 9.79. The number of halogens is 1. The molecule has 1 aromatic rings. The zero-order valence-corrected chi connectivity index (χ0v) is 10.5. The van der Waals surface area contributed by atoms with Gasteiger partial charge in [-0.05, 0) is 32.1 Å². The Labute approximate surface area is 101 Å². The molecule has 1 fully saturated rings. The van der Waals surface area contributed by atoms with Crippen molar-refractivity contribution in [3.8, 4) is 0 Å². The molecule has 1 aromatic heterocycles. The van der Waals surface area contributed by atoms with Crippen LogP contribution in [0.4, 0.5) is 0 Å². The number of carbonyl (C=O) groups excluding carboxylic acids is 1. The molecule has 3 nitrogen and oxygen atoms in total. The van der Waals surface area contributed by atoms with E-state index in [9.17, 15) is 4.79 Å². The van der Waals surface area contributed by atoms with Gasteiger partial charge in [-0.1, -0.05) is 11.6 Å². The summed E-state index contributed by atoms with van der Waals surface area (Å²) in [5.41, 5.74) is 2.11. The largest absolute Gasteiger partial charge is 0.300 e. The van der Waals surface area contributed by atoms with Crippen LogP contribution in [0.1, 0.15) is 36.9 Å². The average Bonchev–Trinajstić information content (AvgIpc) is 2.45. The van der Waals surface area contributed by atoms with Gasteiger partial charge in [0.1, 0.15) is 10.9 Å². The van der Waals surface area contributed by atoms with Gasteiger partial charge in [0.15, 0.2) is 0 Å². The molecular formula is C12H17ClN2O. The van der Waals surface area contributed by atoms with E-state index in [1.807, 2.05) is 14.0 Å². The van der Waals surface area contributed by atoms with Gasteiger partial charge in [0.2, 0.25) is 0 Å². The van der Waals surface area contributed by atoms with Crippen molar-refractivity contribution in [1.82, 2.24) is 9.78 Å². The summed E-state index contributed by atoms with van der Waals surface area (Å²) in [4.78, 5) is 11.4. The van der Waals surface area contributed by atoms with E-state index in [2.05, 4.69) is 5.10 Å². The molecule has 1 aliphatic carbocycles. The van der Waals surface area contributed by atoms with Crippen molar-refractivity contribution in [3.63, 3.8) is 0 Å². The molecule has 0 aliphatic heterocycles. The fraction of sp³-hybridized carbons (Fsp3) is 0.667. The van der Waals surface area contributed by atoms with Gasteiger partial charge in [0.05, 0.1) is 5.69 Å². The van der Waals surface area contributed by atoms with Gasteiger partial charge < -0.3 is 0 Å². The van der Waals surface area contributed by atoms with Crippen LogP contribution in [0.25, 0.3) is 0 Å². The molecule has 2 rings (SSSR count). The van der Waals surface area contributed by atoms with Crippen molar-refractivity contribution in [2.75, 3.05) is 0 Å². The summed E-state index contributed by atoms with van der Waals surface area (Å²) in [6.07, 6.45) is 4.53. The summed E-state index contributed by atoms with van der Waals surface area (Å²) in [7, 11) is 1.85. The predicted molar refractivity (Wildman–Crippen MR) is 63.6 cm³/mol. The van der Waals surface area contributed by atoms with E-state index in [4.69, 9.17) is 11.6 Å². The molecule has 1 heterocycles. The van der Waals surface area contributed by atoms with Gasteiger partial charge in [-0.2, -0.15) is 5.10 Å². The third kappa shape index (κ3) is 2.29. The minimum absolute atomic E-state index is 0.397. The minimum atomic E-state index is 0.397. The normalized spacial score (nSPS) is 21.4. The van der Waals surface area contributed by atoms with Crippen LogP contribution in [-0.2, 0) is 18.3 Å². The summed E-state index contributed by atoms with van der Waals surface area (Å²) in [6, 6.07) is 0. The van der Waals surface area contributed by atoms with Crippen molar-refractivity contribution in [2.45, 2.75) is 39.0 Å². The van der Waals surface area contributed by atoms with Gasteiger partial charge in [0, 0.05) is 25.5 Å². The quantitative estimate of drug-likeness (QED) is 0.797. The Morgan fingerprint density at radius 2 is 2.31 bits per heavy atom. The van der Waals surface area contributed by atoms with Crippen LogP contribution in [0.15, 0.2) is 0 Å². The second kappa shape index (κ2) is 4.58. The van der Waals surface area contributed by atoms with Crippen LogP contribution in [0, 0.1) is 12.8 Å². The smallest absolute Gasteiger partial charge is 0.133 e. The maximum absolute atomic E-state index is 11.4. The van der Waals surface area contributed by atoms with E-state index < -0.39 is 0 Å². The van der Waals surface area contributed by atoms with Crippen molar-refractivity contribution in [3.05, 3.63) is 16.4 Å². The monoisotopic (exact) mass is 240 g/mol. The SMILES string of the molecule is Cc1nn(C)c(Cl)c1CC1CCCC(=O)C1. The van der Waals surface area contributed by atoms with Gasteiger partial charge in [-0.25, -0.2) is 0 Å². The van der Waals surface area contributed by atoms with Crippen LogP contribution in [0.5, 0.6) is 0 Å². The minimum Gasteiger partial charge on any atom is -0.300 e. The molecule has 0 radical (unpaired) electrons. The van der Waals surface area contributed by atoms with E-state index in [0.717, 1.165) is 42.1 Å². The maximum Gasteiger partial charge on any atom is 0.133 e. The van der Waals surface area contributed by atoms with Crippen molar-refractivity contribution in [2.24, 2.45) is 13.0 Å². The highest BCUT2D eigenvalue weighted by Crippen LogP contribution is 2.29. The second-order valence-electron chi connectivity index (χ2n) is 4.68. The molecule has 0 bridgehead atoms. The number of rotatable bonds is 2. The second-order valence-corrected chi connectivity index (χ2v) is 5.04. The molecule has 0 aromatic carbocycles. The number of hydrogen-bond donors (Lipinski definition) is 0. The lowest BCUT2D eigenvalue weighted by Gasteiger charge is -2.20. The summed E-state index contributed by atoms with van der Waals surface area (Å²) < 4.78 is 1.71. The van der Waals surface area contributed by atoms with Crippen molar-refractivity contribution < 1.29 is 4.79 Å². The maximum atomic E-state index is 11.4. The first-order valence-electron chi connectivity index (χ1n) is 5.77. The van der Waals surface area contributed by atoms with Crippen LogP contribution in [-0.4, -0.2) is 15.6 Å². The number of Topliss-reactive ketones (excluding diaryl/α,β-unsaturated/α-hetero) is 1. The van der Waals surface area contributed by atoms with Gasteiger partial charge in [-0.15, -0.1) is 0 Å². The standard InChI is InChI=1S/C12H17ClN2O/c1-8-11(12(13)15(2)14-8)7-9-4-3-5-10(16)6-9/h9H,3-7H2,1-2H3. The number of nitrogens with zero attached hydrogens (tertiary/aromatic N) is 2. The highest BCUT2D eigenvalue weighted by atomic mass is 35.5. The fourth-order valence-corrected chi connectivity index (χ4v) is 2.73. The number of carbonyl (C=O) groups is 1. The molecule has 0 saturated heterocycles. The van der Waals surface area contributed by atoms with Gasteiger partial charge >= 0.3 is 0 Å². The van der Waals surface area contributed by atoms with Crippen LogP contribution in [0.3, 0.4) is 0 Å². The third-order valence-corrected chi connectivity index (χ3v) is 3.82. The third-order valence-electron chi connectivity index (χ3n) is 3.35. The number of aromatic nitrogens is 2. The summed E-state index contributed by atoms with van der Waals surface area (Å²) in [6.45, 7) is 1.98. The molecule has 16 heavy (non-hydrogen) atoms. The Bertz CT molecular complexity index is 411. The Kier molecular flexibility index (Phi) is 3.33. The van der Waals surface area contributed by atoms with Crippen molar-refractivity contribution >= 4 is 17.4 Å². The Balaban J connectivity index is 2.11. The van der Waals surface area contributed by atoms with E-state index >= 15 is 0 Å². The first-order valence-corrected chi connectivity index (χ1v) is 6.15. The van der Waals surface area contributed by atoms with Crippen LogP contribution in [0.2, 0.25) is 5.15 Å². The summed E-state index contributed by atoms with van der Waals surface area (Å²) in [5, 5.41) is 5.01. The van der Waals surface area contributed by atoms with Crippen LogP contribution >= 0.6 is 11.6 Å². The molecular weight excluding hydrogens is 224 g/mol. The Morgan fingerprint density at radius 3 is 2.88 bits per heavy atom. The zero-order chi connectivity index (χ0) is 11.7. The van der Waals surface area contributed by atoms with Crippen molar-refractivity contribution in [1.29, 1.82) is 0 Å². The van der Waals surface area contributed by atoms with Crippen LogP contribution < -0.4 is 0 Å². The number of hydrogen-bond acceptors (Lipinski definition) is 2. The lowest BCUT2D eigenvalue weighted by molar-refractivity contribution is -0.121. The Hall–Kier alpha value is -0.830. The van der Waals surface area contributed by atoms with E-state index in [1.165, 1.54) is 0 Å². The molecule has 0 amide bonds. The first-order chi connectivity index (χ1) is 7.58. The lowest BCUT2D eigenvalue weighted by atomic mass is 9.84. The van der Waals surface area contributed by atoms with E-state index in [-0.39, 0.29) is 0 Å². The molecule has 1 atom stereocenters. The van der Waals surface area contributed by atoms with Gasteiger partial charge in [0.25, 0.3) is 0 Å². The number of aryl methyl sites for hydroxylation is 2. The molecule has 0 spiro atoms. The number of ketones is 1. The lowest BCUT2D eigenvalue weighted by Crippen LogP contribution is -2.17. The first kappa shape index (κ1) is 11.6. The topological polar surface area (TPSA) is 34.9 Å². The summed E-state index contributed by atoms with van der Waals surface area (Å²) >= 11 is 6.19.